The summed E-state index contributed by atoms with van der Waals surface area (Å²) in [5.41, 5.74) is 0. The smallest absolute Gasteiger partial charge is 0.259 e. The predicted molar refractivity (Wildman–Crippen MR) is 50.7 cm³/mol. The Labute approximate surface area is 77.7 Å². The largest absolute Gasteiger partial charge is 0.338 e. The number of aliphatic hydroxyl groups excluding tert-OH is 3. The molecule has 3 atom stereocenters. The summed E-state index contributed by atoms with van der Waals surface area (Å²) in [4.78, 5) is 0.979. The molecule has 0 bridgehead atoms. The van der Waals surface area contributed by atoms with E-state index in [2.05, 4.69) is 19.7 Å². The van der Waals surface area contributed by atoms with Crippen LogP contribution in [0.5, 0.6) is 0 Å². The minimum atomic E-state index is -1.15. The van der Waals surface area contributed by atoms with Crippen molar-refractivity contribution in [3.8, 4) is 0 Å². The fourth-order valence-electron chi connectivity index (χ4n) is 0.835. The van der Waals surface area contributed by atoms with Gasteiger partial charge in [0.15, 0.2) is 0 Å². The Bertz CT molecular complexity index is 160. The van der Waals surface area contributed by atoms with Gasteiger partial charge in [0, 0.05) is 0 Å². The highest BCUT2D eigenvalue weighted by Gasteiger charge is 2.35. The van der Waals surface area contributed by atoms with Crippen molar-refractivity contribution in [2.75, 3.05) is 0 Å². The van der Waals surface area contributed by atoms with Gasteiger partial charge < -0.3 is 15.3 Å². The third kappa shape index (κ3) is 3.12. The maximum absolute atomic E-state index is 9.31. The summed E-state index contributed by atoms with van der Waals surface area (Å²) in [5, 5.41) is 27.9. The van der Waals surface area contributed by atoms with Gasteiger partial charge in [0.1, 0.15) is 0 Å². The molecule has 1 radical (unpaired) electrons. The van der Waals surface area contributed by atoms with Crippen LogP contribution >= 0.6 is 0 Å². The molecule has 0 heterocycles. The molecule has 4 nitrogen and oxygen atoms in total. The van der Waals surface area contributed by atoms with Crippen molar-refractivity contribution in [1.82, 2.24) is 4.90 Å². The summed E-state index contributed by atoms with van der Waals surface area (Å²) in [6.45, 7) is 10.00. The fraction of sp³-hybridized carbons (Fsp3) is 0.333. The van der Waals surface area contributed by atoms with Gasteiger partial charge in [-0.2, -0.15) is 0 Å². The first-order valence-electron chi connectivity index (χ1n) is 3.77. The van der Waals surface area contributed by atoms with Crippen LogP contribution in [0.3, 0.4) is 0 Å². The van der Waals surface area contributed by atoms with Gasteiger partial charge >= 0.3 is 0 Å². The van der Waals surface area contributed by atoms with Crippen LogP contribution in [0.4, 0.5) is 0 Å². The zero-order valence-electron chi connectivity index (χ0n) is 7.37. The summed E-state index contributed by atoms with van der Waals surface area (Å²) in [6, 6.07) is 0. The van der Waals surface area contributed by atoms with E-state index in [-0.39, 0.29) is 0 Å². The molecule has 4 heteroatoms. The molecule has 0 amide bonds. The van der Waals surface area contributed by atoms with Crippen LogP contribution in [-0.4, -0.2) is 34.0 Å². The van der Waals surface area contributed by atoms with Crippen LogP contribution in [0.25, 0.3) is 0 Å². The minimum absolute atomic E-state index is 0.979. The lowest BCUT2D eigenvalue weighted by atomic mass is 10.3. The zero-order valence-corrected chi connectivity index (χ0v) is 7.37. The van der Waals surface area contributed by atoms with Gasteiger partial charge in [-0.15, -0.1) is 0 Å². The number of aliphatic hydroxyl groups is 3. The Morgan fingerprint density at radius 2 is 1.00 bits per heavy atom. The molecule has 0 rings (SSSR count). The molecule has 0 fully saturated rings. The second-order valence-corrected chi connectivity index (χ2v) is 2.40. The molecule has 0 aliphatic carbocycles. The summed E-state index contributed by atoms with van der Waals surface area (Å²) in [7, 11) is 0. The van der Waals surface area contributed by atoms with E-state index >= 15 is 0 Å². The SMILES string of the molecule is C=CC(O)[N+](C(O)C=C)C(O)C=C. The van der Waals surface area contributed by atoms with Crippen molar-refractivity contribution in [3.63, 3.8) is 0 Å². The molecule has 0 saturated heterocycles. The molecular weight excluding hydrogens is 170 g/mol. The number of nitrogens with zero attached hydrogens (tertiary/aromatic N) is 1. The Hall–Kier alpha value is -0.940. The third-order valence-electron chi connectivity index (χ3n) is 1.55. The second-order valence-electron chi connectivity index (χ2n) is 2.40. The standard InChI is InChI=1S/C9H15NO3/c1-4-7(11)10(8(12)5-2)9(13)6-3/h4-9,11-13H,1-3H2/q+1. The van der Waals surface area contributed by atoms with Crippen LogP contribution < -0.4 is 4.90 Å². The molecule has 3 N–H and O–H groups in total. The summed E-state index contributed by atoms with van der Waals surface area (Å²) < 4.78 is 0. The Morgan fingerprint density at radius 1 is 0.769 bits per heavy atom. The average Bonchev–Trinajstić information content (AvgIpc) is 2.16. The van der Waals surface area contributed by atoms with Crippen LogP contribution in [-0.2, 0) is 0 Å². The van der Waals surface area contributed by atoms with Gasteiger partial charge in [-0.3, -0.25) is 0 Å². The first-order chi connectivity index (χ1) is 6.08. The van der Waals surface area contributed by atoms with Crippen molar-refractivity contribution in [1.29, 1.82) is 0 Å². The highest BCUT2D eigenvalue weighted by Crippen LogP contribution is 2.04. The minimum Gasteiger partial charge on any atom is -0.338 e. The molecule has 0 aromatic heterocycles. The number of hydrogen-bond donors (Lipinski definition) is 3. The molecule has 0 aromatic carbocycles. The number of rotatable bonds is 6. The van der Waals surface area contributed by atoms with E-state index in [4.69, 9.17) is 0 Å². The summed E-state index contributed by atoms with van der Waals surface area (Å²) in [5.74, 6) is 0. The van der Waals surface area contributed by atoms with Gasteiger partial charge in [-0.05, 0) is 18.2 Å². The number of hydrogen-bond acceptors (Lipinski definition) is 4. The van der Waals surface area contributed by atoms with E-state index < -0.39 is 18.7 Å². The van der Waals surface area contributed by atoms with Crippen molar-refractivity contribution in [3.05, 3.63) is 38.0 Å². The van der Waals surface area contributed by atoms with E-state index in [1.807, 2.05) is 0 Å². The van der Waals surface area contributed by atoms with Crippen molar-refractivity contribution < 1.29 is 15.3 Å². The normalized spacial score (nSPS) is 17.5. The topological polar surface area (TPSA) is 66.6 Å². The van der Waals surface area contributed by atoms with Crippen LogP contribution in [0.2, 0.25) is 0 Å². The van der Waals surface area contributed by atoms with Gasteiger partial charge in [0.05, 0.1) is 0 Å². The highest BCUT2D eigenvalue weighted by molar-refractivity contribution is 4.96. The molecule has 3 unspecified atom stereocenters. The maximum Gasteiger partial charge on any atom is 0.259 e. The van der Waals surface area contributed by atoms with Gasteiger partial charge in [-0.1, -0.05) is 24.6 Å². The molecule has 0 aromatic rings. The zero-order chi connectivity index (χ0) is 10.4. The molecular formula is C9H15NO3+. The monoisotopic (exact) mass is 185 g/mol. The lowest BCUT2D eigenvalue weighted by molar-refractivity contribution is -0.0582. The molecule has 13 heavy (non-hydrogen) atoms. The van der Waals surface area contributed by atoms with Crippen molar-refractivity contribution in [2.24, 2.45) is 0 Å². The molecule has 73 valence electrons. The highest BCUT2D eigenvalue weighted by atomic mass is 16.4. The quantitative estimate of drug-likeness (QED) is 0.301. The van der Waals surface area contributed by atoms with Crippen LogP contribution in [0, 0.1) is 0 Å². The average molecular weight is 185 g/mol. The molecule has 0 saturated carbocycles. The first-order valence-corrected chi connectivity index (χ1v) is 3.77. The lowest BCUT2D eigenvalue weighted by Gasteiger charge is -2.20. The van der Waals surface area contributed by atoms with E-state index in [9.17, 15) is 15.3 Å². The lowest BCUT2D eigenvalue weighted by Crippen LogP contribution is -2.52. The maximum atomic E-state index is 9.31. The van der Waals surface area contributed by atoms with E-state index in [1.165, 1.54) is 18.2 Å². The van der Waals surface area contributed by atoms with Crippen molar-refractivity contribution >= 4 is 0 Å². The van der Waals surface area contributed by atoms with E-state index in [0.29, 0.717) is 0 Å². The molecule has 0 aliphatic heterocycles. The second kappa shape index (κ2) is 5.66. The van der Waals surface area contributed by atoms with Gasteiger partial charge in [0.2, 0.25) is 0 Å². The molecule has 0 spiro atoms. The predicted octanol–water partition coefficient (Wildman–Crippen LogP) is -0.360. The summed E-state index contributed by atoms with van der Waals surface area (Å²) >= 11 is 0. The van der Waals surface area contributed by atoms with Crippen LogP contribution in [0.15, 0.2) is 38.0 Å². The third-order valence-corrected chi connectivity index (χ3v) is 1.55. The van der Waals surface area contributed by atoms with Gasteiger partial charge in [0.25, 0.3) is 18.7 Å². The van der Waals surface area contributed by atoms with Crippen molar-refractivity contribution in [2.45, 2.75) is 18.7 Å². The fourth-order valence-corrected chi connectivity index (χ4v) is 0.835. The molecule has 0 aliphatic rings. The van der Waals surface area contributed by atoms with E-state index in [0.717, 1.165) is 4.90 Å². The Morgan fingerprint density at radius 3 is 1.15 bits per heavy atom. The first kappa shape index (κ1) is 12.1. The summed E-state index contributed by atoms with van der Waals surface area (Å²) in [6.07, 6.45) is 0.0844. The Balaban J connectivity index is 4.61. The Kier molecular flexibility index (Phi) is 5.25. The van der Waals surface area contributed by atoms with E-state index in [1.54, 1.807) is 0 Å². The van der Waals surface area contributed by atoms with Gasteiger partial charge in [-0.25, -0.2) is 0 Å². The van der Waals surface area contributed by atoms with Crippen LogP contribution in [0.1, 0.15) is 0 Å².